The highest BCUT2D eigenvalue weighted by molar-refractivity contribution is 5.91. The zero-order valence-corrected chi connectivity index (χ0v) is 17.1. The molecule has 9 nitrogen and oxygen atoms in total. The summed E-state index contributed by atoms with van der Waals surface area (Å²) in [6, 6.07) is 5.51. The molecule has 2 aromatic rings. The van der Waals surface area contributed by atoms with Crippen LogP contribution in [0.1, 0.15) is 43.5 Å². The number of hydrogen-bond donors (Lipinski definition) is 1. The van der Waals surface area contributed by atoms with Gasteiger partial charge in [0.1, 0.15) is 5.82 Å². The van der Waals surface area contributed by atoms with Gasteiger partial charge in [-0.1, -0.05) is 6.07 Å². The van der Waals surface area contributed by atoms with Crippen molar-refractivity contribution in [3.8, 4) is 11.5 Å². The van der Waals surface area contributed by atoms with Gasteiger partial charge >= 0.3 is 11.7 Å². The second-order valence-electron chi connectivity index (χ2n) is 7.60. The Labute approximate surface area is 169 Å². The van der Waals surface area contributed by atoms with Crippen LogP contribution >= 0.6 is 0 Å². The van der Waals surface area contributed by atoms with E-state index in [2.05, 4.69) is 10.4 Å². The summed E-state index contributed by atoms with van der Waals surface area (Å²) in [5.41, 5.74) is 0.541. The zero-order chi connectivity index (χ0) is 20.5. The van der Waals surface area contributed by atoms with Gasteiger partial charge in [0.15, 0.2) is 11.5 Å². The number of hydrogen-bond acceptors (Lipinski definition) is 5. The molecule has 1 aromatic carbocycles. The first-order chi connectivity index (χ1) is 14.0. The van der Waals surface area contributed by atoms with Crippen molar-refractivity contribution in [2.24, 2.45) is 7.05 Å². The van der Waals surface area contributed by atoms with E-state index in [1.165, 1.54) is 4.68 Å². The average Bonchev–Trinajstić information content (AvgIpc) is 3.53. The lowest BCUT2D eigenvalue weighted by molar-refractivity contribution is 0.192. The van der Waals surface area contributed by atoms with Gasteiger partial charge in [0.2, 0.25) is 0 Å². The lowest BCUT2D eigenvalue weighted by atomic mass is 9.96. The van der Waals surface area contributed by atoms with Crippen molar-refractivity contribution in [2.75, 3.05) is 32.6 Å². The second-order valence-corrected chi connectivity index (χ2v) is 7.60. The third-order valence-electron chi connectivity index (χ3n) is 5.69. The number of anilines is 1. The predicted octanol–water partition coefficient (Wildman–Crippen LogP) is 2.35. The Kier molecular flexibility index (Phi) is 5.21. The van der Waals surface area contributed by atoms with E-state index in [1.54, 1.807) is 44.4 Å². The molecule has 1 aliphatic heterocycles. The molecule has 1 saturated carbocycles. The van der Waals surface area contributed by atoms with Crippen LogP contribution in [0, 0.1) is 0 Å². The molecule has 1 N–H and O–H groups in total. The van der Waals surface area contributed by atoms with Gasteiger partial charge in [0, 0.05) is 32.1 Å². The summed E-state index contributed by atoms with van der Waals surface area (Å²) < 4.78 is 14.0. The van der Waals surface area contributed by atoms with Crippen molar-refractivity contribution in [2.45, 2.75) is 37.6 Å². The molecule has 9 heteroatoms. The number of methoxy groups -OCH3 is 2. The fourth-order valence-corrected chi connectivity index (χ4v) is 3.97. The number of amides is 2. The zero-order valence-electron chi connectivity index (χ0n) is 17.1. The standard InChI is InChI=1S/C20H27N5O4/c1-23-20(27)25(14-7-8-14)18(22-23)13-9-11-24(12-10-13)19(26)21-15-5-4-6-16(28-2)17(15)29-3/h4-6,13-14H,7-12H2,1-3H3,(H,21,26). The predicted molar refractivity (Wildman–Crippen MR) is 108 cm³/mol. The van der Waals surface area contributed by atoms with Crippen LogP contribution in [0.15, 0.2) is 23.0 Å². The molecule has 29 heavy (non-hydrogen) atoms. The molecule has 2 heterocycles. The van der Waals surface area contributed by atoms with E-state index in [9.17, 15) is 9.59 Å². The van der Waals surface area contributed by atoms with Crippen LogP contribution in [0.2, 0.25) is 0 Å². The van der Waals surface area contributed by atoms with E-state index in [0.29, 0.717) is 36.3 Å². The van der Waals surface area contributed by atoms with Crippen LogP contribution < -0.4 is 20.5 Å². The van der Waals surface area contributed by atoms with Crippen LogP contribution in [0.5, 0.6) is 11.5 Å². The molecule has 1 saturated heterocycles. The Morgan fingerprint density at radius 1 is 1.14 bits per heavy atom. The van der Waals surface area contributed by atoms with Crippen molar-refractivity contribution in [1.29, 1.82) is 0 Å². The number of rotatable bonds is 5. The lowest BCUT2D eigenvalue weighted by Gasteiger charge is -2.31. The molecule has 1 aromatic heterocycles. The molecule has 0 unspecified atom stereocenters. The highest BCUT2D eigenvalue weighted by atomic mass is 16.5. The summed E-state index contributed by atoms with van der Waals surface area (Å²) in [4.78, 5) is 26.9. The van der Waals surface area contributed by atoms with Gasteiger partial charge < -0.3 is 19.7 Å². The van der Waals surface area contributed by atoms with Crippen molar-refractivity contribution in [1.82, 2.24) is 19.2 Å². The molecule has 2 aliphatic rings. The van der Waals surface area contributed by atoms with Crippen LogP contribution in [0.25, 0.3) is 0 Å². The van der Waals surface area contributed by atoms with Crippen LogP contribution in [-0.2, 0) is 7.05 Å². The minimum absolute atomic E-state index is 0.0345. The molecule has 0 radical (unpaired) electrons. The number of piperidine rings is 1. The van der Waals surface area contributed by atoms with Gasteiger partial charge in [0.05, 0.1) is 19.9 Å². The van der Waals surface area contributed by atoms with Gasteiger partial charge in [-0.2, -0.15) is 5.10 Å². The highest BCUT2D eigenvalue weighted by Gasteiger charge is 2.34. The number of nitrogens with one attached hydrogen (secondary N) is 1. The summed E-state index contributed by atoms with van der Waals surface area (Å²) in [7, 11) is 4.81. The molecule has 4 rings (SSSR count). The van der Waals surface area contributed by atoms with Gasteiger partial charge in [-0.05, 0) is 37.8 Å². The van der Waals surface area contributed by atoms with Crippen LogP contribution in [-0.4, -0.2) is 52.6 Å². The average molecular weight is 401 g/mol. The fraction of sp³-hybridized carbons (Fsp3) is 0.550. The van der Waals surface area contributed by atoms with E-state index in [-0.39, 0.29) is 17.6 Å². The van der Waals surface area contributed by atoms with E-state index >= 15 is 0 Å². The molecule has 0 spiro atoms. The molecule has 156 valence electrons. The normalized spacial score (nSPS) is 17.3. The number of carbonyl (C=O) groups excluding carboxylic acids is 1. The first-order valence-electron chi connectivity index (χ1n) is 9.95. The Morgan fingerprint density at radius 2 is 1.86 bits per heavy atom. The monoisotopic (exact) mass is 401 g/mol. The number of likely N-dealkylation sites (tertiary alicyclic amines) is 1. The van der Waals surface area contributed by atoms with E-state index < -0.39 is 0 Å². The SMILES string of the molecule is COc1cccc(NC(=O)N2CCC(c3nn(C)c(=O)n3C3CC3)CC2)c1OC. The second kappa shape index (κ2) is 7.81. The van der Waals surface area contributed by atoms with Crippen LogP contribution in [0.4, 0.5) is 10.5 Å². The quantitative estimate of drug-likeness (QED) is 0.831. The Balaban J connectivity index is 1.42. The number of aryl methyl sites for hydroxylation is 1. The molecule has 2 amide bonds. The lowest BCUT2D eigenvalue weighted by Crippen LogP contribution is -2.41. The van der Waals surface area contributed by atoms with Crippen molar-refractivity contribution < 1.29 is 14.3 Å². The topological polar surface area (TPSA) is 90.6 Å². The number of urea groups is 1. The number of carbonyl (C=O) groups is 1. The van der Waals surface area contributed by atoms with Crippen molar-refractivity contribution >= 4 is 11.7 Å². The molecule has 1 aliphatic carbocycles. The number of benzene rings is 1. The van der Waals surface area contributed by atoms with E-state index in [1.807, 2.05) is 4.57 Å². The van der Waals surface area contributed by atoms with Crippen molar-refractivity contribution in [3.63, 3.8) is 0 Å². The molecule has 2 fully saturated rings. The first kappa shape index (κ1) is 19.4. The third-order valence-corrected chi connectivity index (χ3v) is 5.69. The maximum Gasteiger partial charge on any atom is 0.345 e. The Morgan fingerprint density at radius 3 is 2.48 bits per heavy atom. The number of aromatic nitrogens is 3. The fourth-order valence-electron chi connectivity index (χ4n) is 3.97. The molecule has 0 atom stereocenters. The summed E-state index contributed by atoms with van der Waals surface area (Å²) in [5.74, 6) is 2.13. The molecular weight excluding hydrogens is 374 g/mol. The summed E-state index contributed by atoms with van der Waals surface area (Å²) in [6.07, 6.45) is 3.65. The number of para-hydroxylation sites is 1. The number of nitrogens with zero attached hydrogens (tertiary/aromatic N) is 4. The Bertz CT molecular complexity index is 954. The van der Waals surface area contributed by atoms with Gasteiger partial charge in [-0.15, -0.1) is 0 Å². The van der Waals surface area contributed by atoms with Gasteiger partial charge in [0.25, 0.3) is 0 Å². The minimum Gasteiger partial charge on any atom is -0.493 e. The van der Waals surface area contributed by atoms with Crippen LogP contribution in [0.3, 0.4) is 0 Å². The van der Waals surface area contributed by atoms with Gasteiger partial charge in [-0.3, -0.25) is 4.57 Å². The maximum atomic E-state index is 12.8. The largest absolute Gasteiger partial charge is 0.493 e. The minimum atomic E-state index is -0.171. The van der Waals surface area contributed by atoms with Gasteiger partial charge in [-0.25, -0.2) is 14.3 Å². The smallest absolute Gasteiger partial charge is 0.345 e. The first-order valence-corrected chi connectivity index (χ1v) is 9.95. The van der Waals surface area contributed by atoms with E-state index in [0.717, 1.165) is 31.5 Å². The van der Waals surface area contributed by atoms with Crippen molar-refractivity contribution in [3.05, 3.63) is 34.5 Å². The third kappa shape index (κ3) is 3.68. The molecular formula is C20H27N5O4. The summed E-state index contributed by atoms with van der Waals surface area (Å²) in [6.45, 7) is 1.22. The van der Waals surface area contributed by atoms with E-state index in [4.69, 9.17) is 9.47 Å². The highest BCUT2D eigenvalue weighted by Crippen LogP contribution is 2.38. The maximum absolute atomic E-state index is 12.8. The number of ether oxygens (including phenoxy) is 2. The summed E-state index contributed by atoms with van der Waals surface area (Å²) in [5, 5.41) is 7.41. The molecule has 0 bridgehead atoms. The Hall–Kier alpha value is -2.97. The summed E-state index contributed by atoms with van der Waals surface area (Å²) >= 11 is 0.